The minimum Gasteiger partial charge on any atom is -0.378 e. The highest BCUT2D eigenvalue weighted by Crippen LogP contribution is 2.19. The van der Waals surface area contributed by atoms with Gasteiger partial charge in [0.05, 0.1) is 26.3 Å². The summed E-state index contributed by atoms with van der Waals surface area (Å²) < 4.78 is 18.3. The maximum absolute atomic E-state index is 12.9. The maximum atomic E-state index is 12.9. The Morgan fingerprint density at radius 2 is 1.63 bits per heavy atom. The summed E-state index contributed by atoms with van der Waals surface area (Å²) in [6.45, 7) is 3.67. The molecule has 0 aliphatic carbocycles. The zero-order chi connectivity index (χ0) is 21.3. The van der Waals surface area contributed by atoms with Crippen LogP contribution in [0.5, 0.6) is 0 Å². The summed E-state index contributed by atoms with van der Waals surface area (Å²) in [6.07, 6.45) is 0. The monoisotopic (exact) mass is 414 g/mol. The fourth-order valence-corrected chi connectivity index (χ4v) is 3.18. The summed E-state index contributed by atoms with van der Waals surface area (Å²) in [4.78, 5) is 28.2. The molecular weight excluding hydrogens is 387 g/mol. The molecule has 2 aromatic rings. The number of carbonyl (C=O) groups is 2. The van der Waals surface area contributed by atoms with E-state index in [1.54, 1.807) is 24.1 Å². The van der Waals surface area contributed by atoms with Crippen molar-refractivity contribution >= 4 is 23.2 Å². The van der Waals surface area contributed by atoms with Crippen molar-refractivity contribution in [1.29, 1.82) is 0 Å². The molecule has 2 aromatic carbocycles. The second kappa shape index (κ2) is 10.7. The molecule has 1 aliphatic rings. The average Bonchev–Trinajstić information content (AvgIpc) is 2.74. The summed E-state index contributed by atoms with van der Waals surface area (Å²) in [5.41, 5.74) is 2.63. The van der Waals surface area contributed by atoms with Crippen molar-refractivity contribution in [3.8, 4) is 0 Å². The van der Waals surface area contributed by atoms with Gasteiger partial charge in [0.25, 0.3) is 0 Å². The number of hydrogen-bond donors (Lipinski definition) is 2. The Balaban J connectivity index is 1.39. The SMILES string of the molecule is CN(CC(=O)NCc1ccc(F)cc1)CC(=O)Nc1ccc(N2CCOCC2)cc1. The van der Waals surface area contributed by atoms with Crippen LogP contribution < -0.4 is 15.5 Å². The van der Waals surface area contributed by atoms with E-state index in [0.717, 1.165) is 37.6 Å². The highest BCUT2D eigenvalue weighted by molar-refractivity contribution is 5.92. The number of halogens is 1. The van der Waals surface area contributed by atoms with E-state index in [4.69, 9.17) is 4.74 Å². The standard InChI is InChI=1S/C22H27FN4O3/c1-26(15-21(28)24-14-17-2-4-18(23)5-3-17)16-22(29)25-19-6-8-20(9-7-19)27-10-12-30-13-11-27/h2-9H,10-16H2,1H3,(H,24,28)(H,25,29). The van der Waals surface area contributed by atoms with Gasteiger partial charge in [-0.2, -0.15) is 0 Å². The fourth-order valence-electron chi connectivity index (χ4n) is 3.18. The number of nitrogens with zero attached hydrogens (tertiary/aromatic N) is 2. The molecule has 3 rings (SSSR count). The van der Waals surface area contributed by atoms with E-state index in [9.17, 15) is 14.0 Å². The Hall–Kier alpha value is -2.97. The Kier molecular flexibility index (Phi) is 7.75. The van der Waals surface area contributed by atoms with Gasteiger partial charge in [-0.3, -0.25) is 14.5 Å². The van der Waals surface area contributed by atoms with Crippen molar-refractivity contribution in [1.82, 2.24) is 10.2 Å². The van der Waals surface area contributed by atoms with Crippen molar-refractivity contribution in [2.75, 3.05) is 56.7 Å². The van der Waals surface area contributed by atoms with Gasteiger partial charge in [-0.1, -0.05) is 12.1 Å². The first kappa shape index (κ1) is 21.7. The van der Waals surface area contributed by atoms with Gasteiger partial charge in [0.15, 0.2) is 0 Å². The summed E-state index contributed by atoms with van der Waals surface area (Å²) in [5.74, 6) is -0.709. The van der Waals surface area contributed by atoms with Crippen molar-refractivity contribution in [2.24, 2.45) is 0 Å². The van der Waals surface area contributed by atoms with E-state index in [-0.39, 0.29) is 30.7 Å². The third-order valence-electron chi connectivity index (χ3n) is 4.76. The number of amides is 2. The van der Waals surface area contributed by atoms with Gasteiger partial charge in [-0.05, 0) is 49.0 Å². The Morgan fingerprint density at radius 3 is 2.30 bits per heavy atom. The lowest BCUT2D eigenvalue weighted by Gasteiger charge is -2.28. The van der Waals surface area contributed by atoms with Crippen LogP contribution in [0.4, 0.5) is 15.8 Å². The van der Waals surface area contributed by atoms with Crippen molar-refractivity contribution in [3.63, 3.8) is 0 Å². The molecule has 8 heteroatoms. The molecule has 1 fully saturated rings. The lowest BCUT2D eigenvalue weighted by molar-refractivity contribution is -0.123. The molecule has 1 aliphatic heterocycles. The molecule has 0 aromatic heterocycles. The molecule has 30 heavy (non-hydrogen) atoms. The number of hydrogen-bond acceptors (Lipinski definition) is 5. The molecule has 0 saturated carbocycles. The van der Waals surface area contributed by atoms with Crippen LogP contribution in [0.15, 0.2) is 48.5 Å². The van der Waals surface area contributed by atoms with Crippen LogP contribution in [0.25, 0.3) is 0 Å². The van der Waals surface area contributed by atoms with E-state index in [0.29, 0.717) is 12.2 Å². The first-order chi connectivity index (χ1) is 14.5. The number of nitrogens with one attached hydrogen (secondary N) is 2. The van der Waals surface area contributed by atoms with Crippen LogP contribution in [0.1, 0.15) is 5.56 Å². The normalized spacial score (nSPS) is 13.9. The van der Waals surface area contributed by atoms with E-state index in [2.05, 4.69) is 15.5 Å². The van der Waals surface area contributed by atoms with Gasteiger partial charge in [0.1, 0.15) is 5.82 Å². The van der Waals surface area contributed by atoms with Crippen LogP contribution in [0.2, 0.25) is 0 Å². The Bertz CT molecular complexity index is 836. The third kappa shape index (κ3) is 6.82. The topological polar surface area (TPSA) is 73.9 Å². The molecule has 1 heterocycles. The second-order valence-electron chi connectivity index (χ2n) is 7.27. The molecule has 160 valence electrons. The lowest BCUT2D eigenvalue weighted by Crippen LogP contribution is -2.38. The Morgan fingerprint density at radius 1 is 1.00 bits per heavy atom. The highest BCUT2D eigenvalue weighted by atomic mass is 19.1. The Labute approximate surface area is 175 Å². The molecule has 0 unspecified atom stereocenters. The van der Waals surface area contributed by atoms with Crippen LogP contribution in [0.3, 0.4) is 0 Å². The molecule has 7 nitrogen and oxygen atoms in total. The summed E-state index contributed by atoms with van der Waals surface area (Å²) in [5, 5.41) is 5.61. The zero-order valence-electron chi connectivity index (χ0n) is 17.1. The number of likely N-dealkylation sites (N-methyl/N-ethyl adjacent to an activating group) is 1. The minimum absolute atomic E-state index is 0.0879. The van der Waals surface area contributed by atoms with E-state index in [1.807, 2.05) is 24.3 Å². The fraction of sp³-hybridized carbons (Fsp3) is 0.364. The average molecular weight is 414 g/mol. The van der Waals surface area contributed by atoms with Crippen LogP contribution in [-0.2, 0) is 20.9 Å². The molecule has 0 radical (unpaired) electrons. The smallest absolute Gasteiger partial charge is 0.238 e. The van der Waals surface area contributed by atoms with Crippen molar-refractivity contribution in [2.45, 2.75) is 6.54 Å². The number of anilines is 2. The number of ether oxygens (including phenoxy) is 1. The van der Waals surface area contributed by atoms with Crippen LogP contribution in [-0.4, -0.2) is 63.2 Å². The molecule has 2 N–H and O–H groups in total. The van der Waals surface area contributed by atoms with Gasteiger partial charge in [0, 0.05) is 31.0 Å². The molecule has 0 spiro atoms. The predicted molar refractivity (Wildman–Crippen MR) is 114 cm³/mol. The lowest BCUT2D eigenvalue weighted by atomic mass is 10.2. The number of rotatable bonds is 8. The highest BCUT2D eigenvalue weighted by Gasteiger charge is 2.13. The molecule has 2 amide bonds. The minimum atomic E-state index is -0.313. The van der Waals surface area contributed by atoms with E-state index < -0.39 is 0 Å². The number of benzene rings is 2. The number of morpholine rings is 1. The maximum Gasteiger partial charge on any atom is 0.238 e. The molecular formula is C22H27FN4O3. The quantitative estimate of drug-likeness (QED) is 0.690. The van der Waals surface area contributed by atoms with Gasteiger partial charge in [0.2, 0.25) is 11.8 Å². The van der Waals surface area contributed by atoms with E-state index in [1.165, 1.54) is 12.1 Å². The first-order valence-electron chi connectivity index (χ1n) is 9.92. The first-order valence-corrected chi connectivity index (χ1v) is 9.92. The molecule has 0 bridgehead atoms. The second-order valence-corrected chi connectivity index (χ2v) is 7.27. The van der Waals surface area contributed by atoms with Gasteiger partial charge >= 0.3 is 0 Å². The summed E-state index contributed by atoms with van der Waals surface area (Å²) in [7, 11) is 1.71. The zero-order valence-corrected chi connectivity index (χ0v) is 17.1. The third-order valence-corrected chi connectivity index (χ3v) is 4.76. The largest absolute Gasteiger partial charge is 0.378 e. The summed E-state index contributed by atoms with van der Waals surface area (Å²) >= 11 is 0. The van der Waals surface area contributed by atoms with Gasteiger partial charge < -0.3 is 20.3 Å². The predicted octanol–water partition coefficient (Wildman–Crippen LogP) is 1.85. The van der Waals surface area contributed by atoms with Gasteiger partial charge in [-0.25, -0.2) is 4.39 Å². The van der Waals surface area contributed by atoms with Crippen LogP contribution in [0, 0.1) is 5.82 Å². The number of carbonyl (C=O) groups excluding carboxylic acids is 2. The molecule has 1 saturated heterocycles. The summed E-state index contributed by atoms with van der Waals surface area (Å²) in [6, 6.07) is 13.7. The van der Waals surface area contributed by atoms with Crippen LogP contribution >= 0.6 is 0 Å². The van der Waals surface area contributed by atoms with E-state index >= 15 is 0 Å². The van der Waals surface area contributed by atoms with Crippen molar-refractivity contribution < 1.29 is 18.7 Å². The van der Waals surface area contributed by atoms with Gasteiger partial charge in [-0.15, -0.1) is 0 Å². The molecule has 0 atom stereocenters. The van der Waals surface area contributed by atoms with Crippen molar-refractivity contribution in [3.05, 3.63) is 59.9 Å².